The van der Waals surface area contributed by atoms with Crippen molar-refractivity contribution >= 4 is 5.91 Å². The Morgan fingerprint density at radius 2 is 2.12 bits per heavy atom. The van der Waals surface area contributed by atoms with Crippen LogP contribution in [0.25, 0.3) is 0 Å². The number of nitrogens with one attached hydrogen (secondary N) is 1. The summed E-state index contributed by atoms with van der Waals surface area (Å²) in [6.45, 7) is 9.28. The molecule has 0 saturated carbocycles. The number of aryl methyl sites for hydroxylation is 1. The van der Waals surface area contributed by atoms with E-state index in [1.54, 1.807) is 0 Å². The maximum atomic E-state index is 12.4. The lowest BCUT2D eigenvalue weighted by Gasteiger charge is -2.35. The summed E-state index contributed by atoms with van der Waals surface area (Å²) in [4.78, 5) is 15.0. The highest BCUT2D eigenvalue weighted by atomic mass is 16.5. The first kappa shape index (κ1) is 19.8. The number of para-hydroxylation sites is 1. The molecule has 2 unspecified atom stereocenters. The average molecular weight is 347 g/mol. The Morgan fingerprint density at radius 1 is 1.32 bits per heavy atom. The van der Waals surface area contributed by atoms with Crippen LogP contribution in [-0.2, 0) is 4.79 Å². The molecule has 1 N–H and O–H groups in total. The van der Waals surface area contributed by atoms with E-state index in [0.29, 0.717) is 6.42 Å². The molecule has 2 rings (SSSR count). The number of hydrogen-bond acceptors (Lipinski definition) is 3. The summed E-state index contributed by atoms with van der Waals surface area (Å²) in [5.74, 6) is 0.792. The maximum Gasteiger partial charge on any atom is 0.261 e. The number of ether oxygens (including phenoxy) is 1. The SMILES string of the molecule is CCC(Oc1ccccc1C)C(=O)NCCCN1CCCCC1CC. The maximum absolute atomic E-state index is 12.4. The summed E-state index contributed by atoms with van der Waals surface area (Å²) in [5.41, 5.74) is 1.06. The molecule has 0 bridgehead atoms. The minimum atomic E-state index is -0.417. The zero-order valence-corrected chi connectivity index (χ0v) is 16.1. The minimum Gasteiger partial charge on any atom is -0.480 e. The third-order valence-corrected chi connectivity index (χ3v) is 5.17. The number of nitrogens with zero attached hydrogens (tertiary/aromatic N) is 1. The molecule has 1 aromatic rings. The van der Waals surface area contributed by atoms with Crippen molar-refractivity contribution in [2.75, 3.05) is 19.6 Å². The summed E-state index contributed by atoms with van der Waals surface area (Å²) < 4.78 is 5.92. The van der Waals surface area contributed by atoms with Crippen molar-refractivity contribution in [3.8, 4) is 5.75 Å². The molecule has 140 valence electrons. The van der Waals surface area contributed by atoms with Crippen LogP contribution in [0, 0.1) is 6.92 Å². The van der Waals surface area contributed by atoms with Gasteiger partial charge in [-0.3, -0.25) is 4.79 Å². The van der Waals surface area contributed by atoms with E-state index in [1.807, 2.05) is 38.1 Å². The van der Waals surface area contributed by atoms with Crippen molar-refractivity contribution in [1.82, 2.24) is 10.2 Å². The Kier molecular flexibility index (Phi) is 8.26. The molecule has 1 fully saturated rings. The Hall–Kier alpha value is -1.55. The molecule has 1 heterocycles. The minimum absolute atomic E-state index is 0.00330. The summed E-state index contributed by atoms with van der Waals surface area (Å²) in [6.07, 6.45) is 6.48. The van der Waals surface area contributed by atoms with E-state index in [4.69, 9.17) is 4.74 Å². The lowest BCUT2D eigenvalue weighted by Crippen LogP contribution is -2.42. The average Bonchev–Trinajstić information content (AvgIpc) is 2.64. The van der Waals surface area contributed by atoms with Crippen molar-refractivity contribution in [2.45, 2.75) is 71.4 Å². The Morgan fingerprint density at radius 3 is 2.84 bits per heavy atom. The van der Waals surface area contributed by atoms with Gasteiger partial charge in [0.05, 0.1) is 0 Å². The van der Waals surface area contributed by atoms with Gasteiger partial charge in [-0.2, -0.15) is 0 Å². The van der Waals surface area contributed by atoms with E-state index in [9.17, 15) is 4.79 Å². The van der Waals surface area contributed by atoms with Gasteiger partial charge in [-0.05, 0) is 57.2 Å². The second-order valence-electron chi connectivity index (χ2n) is 7.02. The lowest BCUT2D eigenvalue weighted by molar-refractivity contribution is -0.128. The third kappa shape index (κ3) is 6.03. The molecule has 2 atom stereocenters. The number of piperidine rings is 1. The van der Waals surface area contributed by atoms with Crippen molar-refractivity contribution in [2.24, 2.45) is 0 Å². The fourth-order valence-corrected chi connectivity index (χ4v) is 3.59. The van der Waals surface area contributed by atoms with Crippen LogP contribution < -0.4 is 10.1 Å². The molecular formula is C21H34N2O2. The zero-order chi connectivity index (χ0) is 18.1. The molecular weight excluding hydrogens is 312 g/mol. The highest BCUT2D eigenvalue weighted by Gasteiger charge is 2.21. The van der Waals surface area contributed by atoms with Crippen molar-refractivity contribution < 1.29 is 9.53 Å². The molecule has 4 heteroatoms. The van der Waals surface area contributed by atoms with E-state index < -0.39 is 6.10 Å². The van der Waals surface area contributed by atoms with Gasteiger partial charge in [0, 0.05) is 19.1 Å². The van der Waals surface area contributed by atoms with E-state index in [0.717, 1.165) is 36.9 Å². The molecule has 0 aromatic heterocycles. The van der Waals surface area contributed by atoms with Gasteiger partial charge in [-0.25, -0.2) is 0 Å². The van der Waals surface area contributed by atoms with Crippen LogP contribution in [0.15, 0.2) is 24.3 Å². The van der Waals surface area contributed by atoms with Crippen molar-refractivity contribution in [3.05, 3.63) is 29.8 Å². The highest BCUT2D eigenvalue weighted by molar-refractivity contribution is 5.81. The van der Waals surface area contributed by atoms with Crippen LogP contribution in [0.5, 0.6) is 5.75 Å². The summed E-state index contributed by atoms with van der Waals surface area (Å²) >= 11 is 0. The van der Waals surface area contributed by atoms with Gasteiger partial charge in [-0.15, -0.1) is 0 Å². The zero-order valence-electron chi connectivity index (χ0n) is 16.1. The van der Waals surface area contributed by atoms with Crippen molar-refractivity contribution in [3.63, 3.8) is 0 Å². The van der Waals surface area contributed by atoms with Gasteiger partial charge < -0.3 is 15.0 Å². The summed E-state index contributed by atoms with van der Waals surface area (Å²) in [5, 5.41) is 3.06. The molecule has 25 heavy (non-hydrogen) atoms. The van der Waals surface area contributed by atoms with Crippen LogP contribution in [0.1, 0.15) is 57.9 Å². The smallest absolute Gasteiger partial charge is 0.261 e. The highest BCUT2D eigenvalue weighted by Crippen LogP contribution is 2.20. The molecule has 1 aliphatic rings. The van der Waals surface area contributed by atoms with Crippen LogP contribution in [-0.4, -0.2) is 42.6 Å². The fourth-order valence-electron chi connectivity index (χ4n) is 3.59. The number of likely N-dealkylation sites (tertiary alicyclic amines) is 1. The van der Waals surface area contributed by atoms with Gasteiger partial charge >= 0.3 is 0 Å². The standard InChI is InChI=1S/C21H34N2O2/c1-4-18-12-8-9-15-23(18)16-10-14-22-21(24)19(5-2)25-20-13-7-6-11-17(20)3/h6-7,11,13,18-19H,4-5,8-10,12,14-16H2,1-3H3,(H,22,24). The second kappa shape index (κ2) is 10.4. The first-order valence-corrected chi connectivity index (χ1v) is 9.89. The second-order valence-corrected chi connectivity index (χ2v) is 7.02. The molecule has 1 saturated heterocycles. The number of benzene rings is 1. The molecule has 1 amide bonds. The van der Waals surface area contributed by atoms with E-state index in [2.05, 4.69) is 17.1 Å². The number of hydrogen-bond donors (Lipinski definition) is 1. The Balaban J connectivity index is 1.73. The lowest BCUT2D eigenvalue weighted by atomic mass is 10.00. The topological polar surface area (TPSA) is 41.6 Å². The normalized spacial score (nSPS) is 19.4. The first-order valence-electron chi connectivity index (χ1n) is 9.89. The van der Waals surface area contributed by atoms with Crippen LogP contribution in [0.2, 0.25) is 0 Å². The Bertz CT molecular complexity index is 532. The van der Waals surface area contributed by atoms with E-state index in [1.165, 1.54) is 32.2 Å². The van der Waals surface area contributed by atoms with Crippen LogP contribution in [0.4, 0.5) is 0 Å². The monoisotopic (exact) mass is 346 g/mol. The summed E-state index contributed by atoms with van der Waals surface area (Å²) in [7, 11) is 0. The summed E-state index contributed by atoms with van der Waals surface area (Å²) in [6, 6.07) is 8.58. The van der Waals surface area contributed by atoms with E-state index in [-0.39, 0.29) is 5.91 Å². The third-order valence-electron chi connectivity index (χ3n) is 5.17. The molecule has 4 nitrogen and oxygen atoms in total. The predicted molar refractivity (Wildman–Crippen MR) is 103 cm³/mol. The van der Waals surface area contributed by atoms with Gasteiger partial charge in [0.1, 0.15) is 5.75 Å². The molecule has 1 aromatic carbocycles. The van der Waals surface area contributed by atoms with Gasteiger partial charge in [0.25, 0.3) is 5.91 Å². The first-order chi connectivity index (χ1) is 12.2. The van der Waals surface area contributed by atoms with Gasteiger partial charge in [0.15, 0.2) is 6.10 Å². The molecule has 0 radical (unpaired) electrons. The van der Waals surface area contributed by atoms with Gasteiger partial charge in [-0.1, -0.05) is 38.5 Å². The van der Waals surface area contributed by atoms with Crippen molar-refractivity contribution in [1.29, 1.82) is 0 Å². The quantitative estimate of drug-likeness (QED) is 0.689. The van der Waals surface area contributed by atoms with Gasteiger partial charge in [0.2, 0.25) is 0 Å². The Labute approximate surface area is 152 Å². The van der Waals surface area contributed by atoms with Crippen LogP contribution in [0.3, 0.4) is 0 Å². The number of carbonyl (C=O) groups is 1. The fraction of sp³-hybridized carbons (Fsp3) is 0.667. The predicted octanol–water partition coefficient (Wildman–Crippen LogP) is 3.92. The van der Waals surface area contributed by atoms with Crippen LogP contribution >= 0.6 is 0 Å². The number of rotatable bonds is 9. The molecule has 0 spiro atoms. The number of amides is 1. The number of carbonyl (C=O) groups excluding carboxylic acids is 1. The largest absolute Gasteiger partial charge is 0.480 e. The molecule has 0 aliphatic carbocycles. The molecule has 1 aliphatic heterocycles. The van der Waals surface area contributed by atoms with E-state index >= 15 is 0 Å².